The molecule has 0 radical (unpaired) electrons. The van der Waals surface area contributed by atoms with Gasteiger partial charge >= 0.3 is 0 Å². The summed E-state index contributed by atoms with van der Waals surface area (Å²) in [6, 6.07) is -1.19. The number of hydrogen-bond acceptors (Lipinski definition) is 10. The highest BCUT2D eigenvalue weighted by Gasteiger charge is 2.44. The van der Waals surface area contributed by atoms with Gasteiger partial charge in [-0.15, -0.1) is 0 Å². The standard InChI is InChI=1S/C74H141NO10/c1-3-5-7-9-11-13-15-17-19-21-23-25-26-27-28-29-30-31-32-33-34-35-36-37-38-39-40-41-42-44-46-48-50-52-54-56-58-60-62-67(78)73(83)75-65(64-84-74-72(82)71(81)70(80)68(63-76)85-74)69(79)66(77)61-59-57-55-53-51-49-47-45-43-24-22-20-18-16-14-12-10-8-6-4-2/h33-34,45,47,53,55,65-72,74,76-82H,3-32,35-44,46,48-52,54,56-64H2,1-2H3,(H,75,83)/b34-33-,47-45+,55-53+. The summed E-state index contributed by atoms with van der Waals surface area (Å²) in [5, 5.41) is 76.4. The Labute approximate surface area is 524 Å². The minimum atomic E-state index is -1.67. The van der Waals surface area contributed by atoms with Gasteiger partial charge < -0.3 is 50.5 Å². The van der Waals surface area contributed by atoms with Crippen LogP contribution in [0, 0.1) is 0 Å². The maximum atomic E-state index is 13.2. The van der Waals surface area contributed by atoms with Crippen LogP contribution in [0.1, 0.15) is 361 Å². The lowest BCUT2D eigenvalue weighted by atomic mass is 9.98. The molecule has 1 heterocycles. The number of unbranched alkanes of at least 4 members (excludes halogenated alkanes) is 47. The van der Waals surface area contributed by atoms with E-state index in [2.05, 4.69) is 55.6 Å². The highest BCUT2D eigenvalue weighted by Crippen LogP contribution is 2.24. The summed E-state index contributed by atoms with van der Waals surface area (Å²) < 4.78 is 11.2. The van der Waals surface area contributed by atoms with Gasteiger partial charge in [0.1, 0.15) is 36.6 Å². The molecule has 1 aliphatic rings. The van der Waals surface area contributed by atoms with Crippen LogP contribution in [0.15, 0.2) is 36.5 Å². The molecule has 9 unspecified atom stereocenters. The smallest absolute Gasteiger partial charge is 0.249 e. The van der Waals surface area contributed by atoms with Crippen molar-refractivity contribution in [2.45, 2.75) is 416 Å². The molecule has 0 aromatic carbocycles. The van der Waals surface area contributed by atoms with Crippen LogP contribution in [-0.4, -0.2) is 110 Å². The van der Waals surface area contributed by atoms with Gasteiger partial charge in [-0.1, -0.05) is 320 Å². The lowest BCUT2D eigenvalue weighted by Crippen LogP contribution is -2.60. The number of amides is 1. The van der Waals surface area contributed by atoms with Crippen LogP contribution < -0.4 is 5.32 Å². The normalized spacial score (nSPS) is 19.0. The summed E-state index contributed by atoms with van der Waals surface area (Å²) in [6.07, 6.45) is 69.7. The van der Waals surface area contributed by atoms with Crippen molar-refractivity contribution in [3.63, 3.8) is 0 Å². The molecule has 0 aromatic rings. The first kappa shape index (κ1) is 81.3. The van der Waals surface area contributed by atoms with E-state index in [4.69, 9.17) is 9.47 Å². The second-order valence-electron chi connectivity index (χ2n) is 26.0. The maximum Gasteiger partial charge on any atom is 0.249 e. The molecule has 0 aliphatic carbocycles. The van der Waals surface area contributed by atoms with E-state index in [9.17, 15) is 40.5 Å². The van der Waals surface area contributed by atoms with E-state index in [1.54, 1.807) is 0 Å². The third-order valence-electron chi connectivity index (χ3n) is 17.9. The Hall–Kier alpha value is -1.67. The predicted molar refractivity (Wildman–Crippen MR) is 358 cm³/mol. The van der Waals surface area contributed by atoms with Gasteiger partial charge in [-0.05, 0) is 77.0 Å². The highest BCUT2D eigenvalue weighted by atomic mass is 16.7. The largest absolute Gasteiger partial charge is 0.394 e. The van der Waals surface area contributed by atoms with E-state index in [1.807, 2.05) is 0 Å². The zero-order valence-electron chi connectivity index (χ0n) is 55.6. The van der Waals surface area contributed by atoms with Crippen LogP contribution in [0.5, 0.6) is 0 Å². The van der Waals surface area contributed by atoms with E-state index in [0.717, 1.165) is 38.5 Å². The van der Waals surface area contributed by atoms with Crippen LogP contribution in [0.4, 0.5) is 0 Å². The van der Waals surface area contributed by atoms with Crippen molar-refractivity contribution < 1.29 is 50.0 Å². The van der Waals surface area contributed by atoms with Crippen LogP contribution in [0.2, 0.25) is 0 Å². The second-order valence-corrected chi connectivity index (χ2v) is 26.0. The van der Waals surface area contributed by atoms with Crippen molar-refractivity contribution in [1.29, 1.82) is 0 Å². The summed E-state index contributed by atoms with van der Waals surface area (Å²) in [6.45, 7) is 3.49. The first-order chi connectivity index (χ1) is 41.7. The molecule has 0 saturated carbocycles. The number of ether oxygens (including phenoxy) is 2. The SMILES string of the molecule is CCCCCCCCCCCCC/C=C/CC/C=C/CCCC(O)C(O)C(COC1OC(CO)C(O)C(O)C1O)NC(=O)C(O)CCCCCCCCCCCCCCCCCC/C=C\CCCCCCCCCCCCCCCCCCCC. The van der Waals surface area contributed by atoms with Crippen LogP contribution in [0.25, 0.3) is 0 Å². The molecule has 0 aromatic heterocycles. The van der Waals surface area contributed by atoms with Gasteiger partial charge in [0.05, 0.1) is 25.4 Å². The average Bonchev–Trinajstić information content (AvgIpc) is 3.67. The Morgan fingerprint density at radius 3 is 1.05 bits per heavy atom. The van der Waals surface area contributed by atoms with Gasteiger partial charge in [0, 0.05) is 0 Å². The van der Waals surface area contributed by atoms with Gasteiger partial charge in [-0.2, -0.15) is 0 Å². The van der Waals surface area contributed by atoms with Gasteiger partial charge in [-0.3, -0.25) is 4.79 Å². The van der Waals surface area contributed by atoms with Crippen LogP contribution in [0.3, 0.4) is 0 Å². The molecule has 1 aliphatic heterocycles. The molecule has 1 fully saturated rings. The van der Waals surface area contributed by atoms with Crippen molar-refractivity contribution in [3.05, 3.63) is 36.5 Å². The van der Waals surface area contributed by atoms with Crippen molar-refractivity contribution in [1.82, 2.24) is 5.32 Å². The summed E-state index contributed by atoms with van der Waals surface area (Å²) in [4.78, 5) is 13.2. The van der Waals surface area contributed by atoms with Crippen molar-refractivity contribution in [2.75, 3.05) is 13.2 Å². The molecule has 1 rings (SSSR count). The van der Waals surface area contributed by atoms with E-state index in [-0.39, 0.29) is 12.8 Å². The number of nitrogens with one attached hydrogen (secondary N) is 1. The number of rotatable bonds is 65. The second kappa shape index (κ2) is 62.5. The first-order valence-electron chi connectivity index (χ1n) is 36.9. The number of aliphatic hydroxyl groups is 7. The van der Waals surface area contributed by atoms with Crippen molar-refractivity contribution in [2.24, 2.45) is 0 Å². The van der Waals surface area contributed by atoms with Gasteiger partial charge in [-0.25, -0.2) is 0 Å². The Bertz CT molecular complexity index is 1480. The maximum absolute atomic E-state index is 13.2. The average molecular weight is 1200 g/mol. The topological polar surface area (TPSA) is 189 Å². The fraction of sp³-hybridized carbons (Fsp3) is 0.905. The monoisotopic (exact) mass is 1200 g/mol. The van der Waals surface area contributed by atoms with Gasteiger partial charge in [0.25, 0.3) is 0 Å². The van der Waals surface area contributed by atoms with E-state index < -0.39 is 74.2 Å². The van der Waals surface area contributed by atoms with Crippen LogP contribution >= 0.6 is 0 Å². The molecule has 9 atom stereocenters. The molecule has 11 nitrogen and oxygen atoms in total. The van der Waals surface area contributed by atoms with E-state index in [0.29, 0.717) is 19.3 Å². The minimum Gasteiger partial charge on any atom is -0.394 e. The molecular formula is C74H141NO10. The van der Waals surface area contributed by atoms with Crippen molar-refractivity contribution in [3.8, 4) is 0 Å². The molecular weight excluding hydrogens is 1060 g/mol. The first-order valence-corrected chi connectivity index (χ1v) is 36.9. The molecule has 85 heavy (non-hydrogen) atoms. The third kappa shape index (κ3) is 49.8. The fourth-order valence-electron chi connectivity index (χ4n) is 12.0. The lowest BCUT2D eigenvalue weighted by molar-refractivity contribution is -0.303. The number of carbonyl (C=O) groups excluding carboxylic acids is 1. The summed E-state index contributed by atoms with van der Waals surface area (Å²) in [7, 11) is 0. The predicted octanol–water partition coefficient (Wildman–Crippen LogP) is 18.1. The molecule has 1 amide bonds. The summed E-state index contributed by atoms with van der Waals surface area (Å²) in [5.74, 6) is -0.705. The van der Waals surface area contributed by atoms with E-state index >= 15 is 0 Å². The highest BCUT2D eigenvalue weighted by molar-refractivity contribution is 5.80. The Morgan fingerprint density at radius 1 is 0.400 bits per heavy atom. The molecule has 0 bridgehead atoms. The molecule has 0 spiro atoms. The molecule has 11 heteroatoms. The fourth-order valence-corrected chi connectivity index (χ4v) is 12.0. The Kier molecular flexibility index (Phi) is 59.8. The van der Waals surface area contributed by atoms with Gasteiger partial charge in [0.15, 0.2) is 6.29 Å². The van der Waals surface area contributed by atoms with E-state index in [1.165, 1.54) is 276 Å². The Balaban J connectivity index is 2.14. The summed E-state index contributed by atoms with van der Waals surface area (Å²) >= 11 is 0. The van der Waals surface area contributed by atoms with Gasteiger partial charge in [0.2, 0.25) is 5.91 Å². The van der Waals surface area contributed by atoms with Crippen molar-refractivity contribution >= 4 is 5.91 Å². The number of hydrogen-bond donors (Lipinski definition) is 8. The quantitative estimate of drug-likeness (QED) is 0.0215. The zero-order chi connectivity index (χ0) is 61.7. The minimum absolute atomic E-state index is 0.248. The lowest BCUT2D eigenvalue weighted by Gasteiger charge is -2.40. The number of aliphatic hydroxyl groups excluding tert-OH is 7. The van der Waals surface area contributed by atoms with Crippen LogP contribution in [-0.2, 0) is 14.3 Å². The number of allylic oxidation sites excluding steroid dienone is 6. The Morgan fingerprint density at radius 2 is 0.706 bits per heavy atom. The summed E-state index contributed by atoms with van der Waals surface area (Å²) in [5.41, 5.74) is 0. The third-order valence-corrected chi connectivity index (χ3v) is 17.9. The molecule has 502 valence electrons. The number of carbonyl (C=O) groups is 1. The zero-order valence-corrected chi connectivity index (χ0v) is 55.6. The molecule has 8 N–H and O–H groups in total. The molecule has 1 saturated heterocycles.